The zero-order chi connectivity index (χ0) is 12.7. The highest BCUT2D eigenvalue weighted by Crippen LogP contribution is 2.21. The molecule has 0 heterocycles. The Bertz CT molecular complexity index is 334. The molecule has 0 aliphatic carbocycles. The van der Waals surface area contributed by atoms with E-state index in [4.69, 9.17) is 5.73 Å². The van der Waals surface area contributed by atoms with Gasteiger partial charge in [0, 0.05) is 12.1 Å². The Hall–Kier alpha value is -1.20. The summed E-state index contributed by atoms with van der Waals surface area (Å²) < 4.78 is 28.8. The Morgan fingerprint density at radius 3 is 2.71 bits per heavy atom. The molecule has 1 aromatic carbocycles. The minimum Gasteiger partial charge on any atom is -0.434 e. The van der Waals surface area contributed by atoms with Crippen molar-refractivity contribution in [1.82, 2.24) is 4.90 Å². The lowest BCUT2D eigenvalue weighted by atomic mass is 10.2. The maximum absolute atomic E-state index is 12.2. The van der Waals surface area contributed by atoms with Crippen molar-refractivity contribution in [2.75, 3.05) is 20.1 Å². The maximum Gasteiger partial charge on any atom is 0.387 e. The molecule has 2 N–H and O–H groups in total. The van der Waals surface area contributed by atoms with Gasteiger partial charge in [-0.2, -0.15) is 8.78 Å². The number of benzene rings is 1. The van der Waals surface area contributed by atoms with Crippen molar-refractivity contribution >= 4 is 0 Å². The number of hydrogen-bond acceptors (Lipinski definition) is 3. The van der Waals surface area contributed by atoms with E-state index in [1.54, 1.807) is 18.2 Å². The molecule has 0 atom stereocenters. The molecule has 0 unspecified atom stereocenters. The molecule has 0 radical (unpaired) electrons. The number of nitrogens with two attached hydrogens (primary N) is 1. The van der Waals surface area contributed by atoms with Gasteiger partial charge >= 0.3 is 6.61 Å². The average Bonchev–Trinajstić information content (AvgIpc) is 2.28. The second kappa shape index (κ2) is 7.19. The summed E-state index contributed by atoms with van der Waals surface area (Å²) in [5.41, 5.74) is 6.17. The van der Waals surface area contributed by atoms with Crippen LogP contribution in [0, 0.1) is 0 Å². The van der Waals surface area contributed by atoms with E-state index < -0.39 is 6.61 Å². The van der Waals surface area contributed by atoms with Crippen molar-refractivity contribution in [2.24, 2.45) is 5.73 Å². The highest BCUT2D eigenvalue weighted by molar-refractivity contribution is 5.33. The van der Waals surface area contributed by atoms with Crippen LogP contribution in [0.5, 0.6) is 5.75 Å². The Labute approximate surface area is 100 Å². The Morgan fingerprint density at radius 1 is 1.35 bits per heavy atom. The van der Waals surface area contributed by atoms with Crippen molar-refractivity contribution in [3.63, 3.8) is 0 Å². The van der Waals surface area contributed by atoms with Gasteiger partial charge in [-0.15, -0.1) is 0 Å². The normalized spacial score (nSPS) is 11.2. The fraction of sp³-hybridized carbons (Fsp3) is 0.500. The van der Waals surface area contributed by atoms with Gasteiger partial charge in [0.2, 0.25) is 0 Å². The Morgan fingerprint density at radius 2 is 2.06 bits per heavy atom. The summed E-state index contributed by atoms with van der Waals surface area (Å²) in [6, 6.07) is 6.83. The molecule has 0 aromatic heterocycles. The van der Waals surface area contributed by atoms with Gasteiger partial charge in [0.05, 0.1) is 0 Å². The van der Waals surface area contributed by atoms with Crippen LogP contribution in [0.3, 0.4) is 0 Å². The van der Waals surface area contributed by atoms with Crippen LogP contribution in [0.25, 0.3) is 0 Å². The van der Waals surface area contributed by atoms with E-state index in [9.17, 15) is 8.78 Å². The van der Waals surface area contributed by atoms with E-state index in [0.717, 1.165) is 18.5 Å². The van der Waals surface area contributed by atoms with Crippen LogP contribution in [-0.2, 0) is 6.54 Å². The summed E-state index contributed by atoms with van der Waals surface area (Å²) in [4.78, 5) is 2.03. The van der Waals surface area contributed by atoms with Crippen LogP contribution in [0.15, 0.2) is 24.3 Å². The monoisotopic (exact) mass is 244 g/mol. The lowest BCUT2D eigenvalue weighted by Gasteiger charge is -2.18. The first-order chi connectivity index (χ1) is 8.13. The summed E-state index contributed by atoms with van der Waals surface area (Å²) >= 11 is 0. The summed E-state index contributed by atoms with van der Waals surface area (Å²) in [6.07, 6.45) is 0.883. The van der Waals surface area contributed by atoms with E-state index >= 15 is 0 Å². The van der Waals surface area contributed by atoms with Gasteiger partial charge in [-0.3, -0.25) is 0 Å². The number of alkyl halides is 2. The first kappa shape index (κ1) is 13.9. The first-order valence-electron chi connectivity index (χ1n) is 5.55. The number of hydrogen-bond donors (Lipinski definition) is 1. The lowest BCUT2D eigenvalue weighted by Crippen LogP contribution is -2.21. The minimum absolute atomic E-state index is 0.238. The topological polar surface area (TPSA) is 38.5 Å². The van der Waals surface area contributed by atoms with Gasteiger partial charge in [-0.1, -0.05) is 18.2 Å². The summed E-state index contributed by atoms with van der Waals surface area (Å²) in [5, 5.41) is 0. The van der Waals surface area contributed by atoms with E-state index in [-0.39, 0.29) is 5.75 Å². The number of rotatable bonds is 7. The molecular weight excluding hydrogens is 226 g/mol. The third kappa shape index (κ3) is 5.10. The van der Waals surface area contributed by atoms with Crippen LogP contribution in [0.4, 0.5) is 8.78 Å². The fourth-order valence-corrected chi connectivity index (χ4v) is 1.58. The lowest BCUT2D eigenvalue weighted by molar-refractivity contribution is -0.0507. The SMILES string of the molecule is CN(CCCN)Cc1ccccc1OC(F)F. The van der Waals surface area contributed by atoms with Crippen molar-refractivity contribution in [2.45, 2.75) is 19.6 Å². The zero-order valence-electron chi connectivity index (χ0n) is 9.90. The predicted molar refractivity (Wildman–Crippen MR) is 63.1 cm³/mol. The molecule has 0 amide bonds. The Balaban J connectivity index is 2.62. The molecule has 0 spiro atoms. The average molecular weight is 244 g/mol. The molecule has 5 heteroatoms. The van der Waals surface area contributed by atoms with Crippen molar-refractivity contribution in [3.05, 3.63) is 29.8 Å². The molecule has 0 saturated heterocycles. The highest BCUT2D eigenvalue weighted by Gasteiger charge is 2.10. The first-order valence-corrected chi connectivity index (χ1v) is 5.55. The second-order valence-corrected chi connectivity index (χ2v) is 3.87. The van der Waals surface area contributed by atoms with Crippen LogP contribution in [0.1, 0.15) is 12.0 Å². The molecule has 1 rings (SSSR count). The summed E-state index contributed by atoms with van der Waals surface area (Å²) in [6.45, 7) is -0.757. The van der Waals surface area contributed by atoms with E-state index in [1.807, 2.05) is 18.0 Å². The molecule has 1 aromatic rings. The third-order valence-electron chi connectivity index (χ3n) is 2.37. The van der Waals surface area contributed by atoms with E-state index in [2.05, 4.69) is 4.74 Å². The van der Waals surface area contributed by atoms with Crippen LogP contribution in [0.2, 0.25) is 0 Å². The number of nitrogens with zero attached hydrogens (tertiary/aromatic N) is 1. The second-order valence-electron chi connectivity index (χ2n) is 3.87. The summed E-state index contributed by atoms with van der Waals surface area (Å²) in [5.74, 6) is 0.238. The number of ether oxygens (including phenoxy) is 1. The van der Waals surface area contributed by atoms with Crippen LogP contribution >= 0.6 is 0 Å². The van der Waals surface area contributed by atoms with Gasteiger partial charge in [-0.25, -0.2) is 0 Å². The van der Waals surface area contributed by atoms with Crippen molar-refractivity contribution in [3.8, 4) is 5.75 Å². The van der Waals surface area contributed by atoms with Crippen LogP contribution in [-0.4, -0.2) is 31.6 Å². The largest absolute Gasteiger partial charge is 0.434 e. The zero-order valence-corrected chi connectivity index (χ0v) is 9.90. The molecule has 96 valence electrons. The molecule has 0 bridgehead atoms. The highest BCUT2D eigenvalue weighted by atomic mass is 19.3. The van der Waals surface area contributed by atoms with Gasteiger partial charge in [0.1, 0.15) is 5.75 Å². The van der Waals surface area contributed by atoms with Gasteiger partial charge < -0.3 is 15.4 Å². The molecule has 3 nitrogen and oxygen atoms in total. The molecule has 0 saturated carbocycles. The van der Waals surface area contributed by atoms with Crippen LogP contribution < -0.4 is 10.5 Å². The van der Waals surface area contributed by atoms with Crippen molar-refractivity contribution in [1.29, 1.82) is 0 Å². The molecule has 17 heavy (non-hydrogen) atoms. The number of halogens is 2. The Kier molecular flexibility index (Phi) is 5.86. The van der Waals surface area contributed by atoms with Gasteiger partial charge in [0.15, 0.2) is 0 Å². The van der Waals surface area contributed by atoms with E-state index in [0.29, 0.717) is 13.1 Å². The molecule has 0 aliphatic heterocycles. The van der Waals surface area contributed by atoms with Crippen molar-refractivity contribution < 1.29 is 13.5 Å². The number of para-hydroxylation sites is 1. The predicted octanol–water partition coefficient (Wildman–Crippen LogP) is 2.07. The maximum atomic E-state index is 12.2. The quantitative estimate of drug-likeness (QED) is 0.798. The standard InChI is InChI=1S/C12H18F2N2O/c1-16(8-4-7-15)9-10-5-2-3-6-11(10)17-12(13)14/h2-3,5-6,12H,4,7-9,15H2,1H3. The third-order valence-corrected chi connectivity index (χ3v) is 2.37. The molecule has 0 fully saturated rings. The fourth-order valence-electron chi connectivity index (χ4n) is 1.58. The molecular formula is C12H18F2N2O. The van der Waals surface area contributed by atoms with Gasteiger partial charge in [-0.05, 0) is 32.6 Å². The van der Waals surface area contributed by atoms with E-state index in [1.165, 1.54) is 0 Å². The van der Waals surface area contributed by atoms with Gasteiger partial charge in [0.25, 0.3) is 0 Å². The smallest absolute Gasteiger partial charge is 0.387 e. The minimum atomic E-state index is -2.79. The summed E-state index contributed by atoms with van der Waals surface area (Å²) in [7, 11) is 1.93. The molecule has 0 aliphatic rings.